The molecule has 3 fully saturated rings. The van der Waals surface area contributed by atoms with Gasteiger partial charge in [0.05, 0.1) is 5.75 Å². The SMILES string of the molecule is Nn1c(SCC(=O)N2CCC[C@H]3CCCC[C@H]32)nnc1C1CC1. The van der Waals surface area contributed by atoms with Gasteiger partial charge in [-0.2, -0.15) is 0 Å². The van der Waals surface area contributed by atoms with Gasteiger partial charge >= 0.3 is 0 Å². The lowest BCUT2D eigenvalue weighted by atomic mass is 9.78. The van der Waals surface area contributed by atoms with Crippen molar-refractivity contribution < 1.29 is 4.79 Å². The lowest BCUT2D eigenvalue weighted by Crippen LogP contribution is -2.50. The maximum atomic E-state index is 12.7. The molecule has 0 unspecified atom stereocenters. The van der Waals surface area contributed by atoms with Gasteiger partial charge < -0.3 is 10.7 Å². The lowest BCUT2D eigenvalue weighted by molar-refractivity contribution is -0.134. The van der Waals surface area contributed by atoms with Gasteiger partial charge in [0.15, 0.2) is 5.82 Å². The van der Waals surface area contributed by atoms with E-state index in [2.05, 4.69) is 15.1 Å². The van der Waals surface area contributed by atoms with E-state index in [1.54, 1.807) is 4.68 Å². The molecular formula is C16H25N5OS. The van der Waals surface area contributed by atoms with Crippen LogP contribution in [0.25, 0.3) is 0 Å². The van der Waals surface area contributed by atoms with Crippen LogP contribution in [0.3, 0.4) is 0 Å². The standard InChI is InChI=1S/C16H25N5OS/c17-21-15(12-7-8-12)18-19-16(21)23-10-14(22)20-9-3-5-11-4-1-2-6-13(11)20/h11-13H,1-10,17H2/t11-,13-/m1/s1. The highest BCUT2D eigenvalue weighted by atomic mass is 32.2. The first-order chi connectivity index (χ1) is 11.2. The average molecular weight is 335 g/mol. The third-order valence-corrected chi connectivity index (χ3v) is 6.45. The molecule has 3 aliphatic rings. The van der Waals surface area contributed by atoms with Gasteiger partial charge in [0.25, 0.3) is 0 Å². The number of piperidine rings is 1. The second kappa shape index (κ2) is 6.34. The summed E-state index contributed by atoms with van der Waals surface area (Å²) in [6, 6.07) is 0.475. The number of aromatic nitrogens is 3. The zero-order chi connectivity index (χ0) is 15.8. The summed E-state index contributed by atoms with van der Waals surface area (Å²) in [5, 5.41) is 9.00. The molecule has 0 bridgehead atoms. The summed E-state index contributed by atoms with van der Waals surface area (Å²) >= 11 is 1.43. The van der Waals surface area contributed by atoms with Gasteiger partial charge in [0, 0.05) is 18.5 Å². The Kier molecular flexibility index (Phi) is 4.22. The molecule has 1 saturated heterocycles. The number of rotatable bonds is 4. The summed E-state index contributed by atoms with van der Waals surface area (Å²) in [5.74, 6) is 8.79. The van der Waals surface area contributed by atoms with Gasteiger partial charge in [-0.1, -0.05) is 24.6 Å². The molecule has 1 aromatic rings. The molecule has 1 amide bonds. The quantitative estimate of drug-likeness (QED) is 0.674. The summed E-state index contributed by atoms with van der Waals surface area (Å²) in [5.41, 5.74) is 0. The Morgan fingerprint density at radius 3 is 2.74 bits per heavy atom. The van der Waals surface area contributed by atoms with Crippen molar-refractivity contribution >= 4 is 17.7 Å². The first-order valence-electron chi connectivity index (χ1n) is 8.86. The Balaban J connectivity index is 1.37. The van der Waals surface area contributed by atoms with Gasteiger partial charge in [0.2, 0.25) is 11.1 Å². The van der Waals surface area contributed by atoms with Gasteiger partial charge in [-0.15, -0.1) is 10.2 Å². The van der Waals surface area contributed by atoms with Crippen LogP contribution < -0.4 is 5.84 Å². The topological polar surface area (TPSA) is 77.0 Å². The molecule has 2 N–H and O–H groups in total. The van der Waals surface area contributed by atoms with E-state index in [0.29, 0.717) is 22.9 Å². The Labute approximate surface area is 141 Å². The van der Waals surface area contributed by atoms with Crippen LogP contribution in [-0.4, -0.2) is 44.0 Å². The van der Waals surface area contributed by atoms with Crippen molar-refractivity contribution in [2.75, 3.05) is 18.1 Å². The van der Waals surface area contributed by atoms with E-state index in [1.807, 2.05) is 0 Å². The third kappa shape index (κ3) is 3.07. The van der Waals surface area contributed by atoms with E-state index in [0.717, 1.165) is 37.5 Å². The van der Waals surface area contributed by atoms with Crippen molar-refractivity contribution in [1.29, 1.82) is 0 Å². The van der Waals surface area contributed by atoms with E-state index >= 15 is 0 Å². The molecule has 1 aromatic heterocycles. The van der Waals surface area contributed by atoms with Crippen molar-refractivity contribution in [3.8, 4) is 0 Å². The number of hydrogen-bond donors (Lipinski definition) is 1. The molecule has 2 atom stereocenters. The fraction of sp³-hybridized carbons (Fsp3) is 0.812. The summed E-state index contributed by atoms with van der Waals surface area (Å²) in [4.78, 5) is 14.8. The molecule has 7 heteroatoms. The second-order valence-corrected chi connectivity index (χ2v) is 8.06. The van der Waals surface area contributed by atoms with Gasteiger partial charge in [-0.25, -0.2) is 4.68 Å². The highest BCUT2D eigenvalue weighted by Crippen LogP contribution is 2.39. The Hall–Kier alpha value is -1.24. The number of carbonyl (C=O) groups is 1. The van der Waals surface area contributed by atoms with Crippen LogP contribution in [0.4, 0.5) is 0 Å². The van der Waals surface area contributed by atoms with E-state index < -0.39 is 0 Å². The van der Waals surface area contributed by atoms with Crippen molar-refractivity contribution in [2.45, 2.75) is 68.5 Å². The summed E-state index contributed by atoms with van der Waals surface area (Å²) in [6.45, 7) is 0.920. The zero-order valence-electron chi connectivity index (χ0n) is 13.5. The molecule has 1 aliphatic heterocycles. The number of thioether (sulfide) groups is 1. The fourth-order valence-corrected chi connectivity index (χ4v) is 4.90. The van der Waals surface area contributed by atoms with Crippen molar-refractivity contribution in [3.63, 3.8) is 0 Å². The van der Waals surface area contributed by atoms with E-state index in [9.17, 15) is 4.79 Å². The van der Waals surface area contributed by atoms with Crippen molar-refractivity contribution in [1.82, 2.24) is 19.8 Å². The second-order valence-electron chi connectivity index (χ2n) is 7.11. The maximum Gasteiger partial charge on any atom is 0.233 e. The first kappa shape index (κ1) is 15.3. The van der Waals surface area contributed by atoms with Gasteiger partial charge in [-0.3, -0.25) is 4.79 Å². The maximum absolute atomic E-state index is 12.7. The van der Waals surface area contributed by atoms with E-state index in [1.165, 1.54) is 43.9 Å². The molecule has 4 rings (SSSR count). The van der Waals surface area contributed by atoms with E-state index in [4.69, 9.17) is 5.84 Å². The largest absolute Gasteiger partial charge is 0.339 e. The first-order valence-corrected chi connectivity index (χ1v) is 9.85. The number of likely N-dealkylation sites (tertiary alicyclic amines) is 1. The number of amides is 1. The highest BCUT2D eigenvalue weighted by Gasteiger charge is 2.36. The van der Waals surface area contributed by atoms with Crippen LogP contribution in [0.1, 0.15) is 63.1 Å². The summed E-state index contributed by atoms with van der Waals surface area (Å²) in [6.07, 6.45) is 9.81. The molecule has 6 nitrogen and oxygen atoms in total. The molecule has 0 radical (unpaired) electrons. The fourth-order valence-electron chi connectivity index (χ4n) is 4.15. The third-order valence-electron chi connectivity index (χ3n) is 5.52. The smallest absolute Gasteiger partial charge is 0.233 e. The minimum Gasteiger partial charge on any atom is -0.339 e. The summed E-state index contributed by atoms with van der Waals surface area (Å²) < 4.78 is 1.58. The molecule has 2 aliphatic carbocycles. The predicted octanol–water partition coefficient (Wildman–Crippen LogP) is 2.14. The van der Waals surface area contributed by atoms with Crippen LogP contribution in [0, 0.1) is 5.92 Å². The molecule has 0 spiro atoms. The zero-order valence-corrected chi connectivity index (χ0v) is 14.3. The molecule has 23 heavy (non-hydrogen) atoms. The van der Waals surface area contributed by atoms with Crippen LogP contribution >= 0.6 is 11.8 Å². The molecule has 0 aromatic carbocycles. The number of carbonyl (C=O) groups excluding carboxylic acids is 1. The average Bonchev–Trinajstić information content (AvgIpc) is 3.36. The lowest BCUT2D eigenvalue weighted by Gasteiger charge is -2.44. The number of nitrogens with zero attached hydrogens (tertiary/aromatic N) is 4. The normalized spacial score (nSPS) is 27.7. The van der Waals surface area contributed by atoms with Crippen molar-refractivity contribution in [3.05, 3.63) is 5.82 Å². The minimum absolute atomic E-state index is 0.238. The highest BCUT2D eigenvalue weighted by molar-refractivity contribution is 7.99. The molecule has 2 heterocycles. The Morgan fingerprint density at radius 1 is 1.13 bits per heavy atom. The monoisotopic (exact) mass is 335 g/mol. The molecule has 2 saturated carbocycles. The summed E-state index contributed by atoms with van der Waals surface area (Å²) in [7, 11) is 0. The van der Waals surface area contributed by atoms with Crippen LogP contribution in [-0.2, 0) is 4.79 Å². The van der Waals surface area contributed by atoms with Crippen molar-refractivity contribution in [2.24, 2.45) is 5.92 Å². The van der Waals surface area contributed by atoms with Crippen LogP contribution in [0.15, 0.2) is 5.16 Å². The number of nitrogen functional groups attached to an aromatic ring is 1. The number of fused-ring (bicyclic) bond motifs is 1. The number of hydrogen-bond acceptors (Lipinski definition) is 5. The van der Waals surface area contributed by atoms with Gasteiger partial charge in [0.1, 0.15) is 0 Å². The van der Waals surface area contributed by atoms with Crippen LogP contribution in [0.5, 0.6) is 0 Å². The Bertz CT molecular complexity index is 583. The minimum atomic E-state index is 0.238. The molecule has 126 valence electrons. The van der Waals surface area contributed by atoms with Gasteiger partial charge in [-0.05, 0) is 44.4 Å². The molecular weight excluding hydrogens is 310 g/mol. The number of nitrogens with two attached hydrogens (primary N) is 1. The van der Waals surface area contributed by atoms with Crippen LogP contribution in [0.2, 0.25) is 0 Å². The predicted molar refractivity (Wildman–Crippen MR) is 89.6 cm³/mol. The Morgan fingerprint density at radius 2 is 1.91 bits per heavy atom. The van der Waals surface area contributed by atoms with E-state index in [-0.39, 0.29) is 5.91 Å².